The molecule has 0 saturated heterocycles. The van der Waals surface area contributed by atoms with E-state index in [4.69, 9.17) is 5.84 Å². The molecular formula is C21H25N5OS. The van der Waals surface area contributed by atoms with Gasteiger partial charge < -0.3 is 11.2 Å². The minimum Gasteiger partial charge on any atom is -0.335 e. The summed E-state index contributed by atoms with van der Waals surface area (Å²) in [5.41, 5.74) is 2.96. The molecular weight excluding hydrogens is 370 g/mol. The fourth-order valence-corrected chi connectivity index (χ4v) is 3.42. The molecule has 1 atom stereocenters. The number of nitrogen functional groups attached to an aromatic ring is 1. The Hall–Kier alpha value is -2.80. The Morgan fingerprint density at radius 3 is 2.32 bits per heavy atom. The predicted octanol–water partition coefficient (Wildman–Crippen LogP) is 4.08. The van der Waals surface area contributed by atoms with Gasteiger partial charge in [0.25, 0.3) is 0 Å². The summed E-state index contributed by atoms with van der Waals surface area (Å²) in [4.78, 5) is 12.4. The number of nitrogens with two attached hydrogens (primary N) is 1. The largest absolute Gasteiger partial charge is 0.335 e. The molecule has 1 amide bonds. The van der Waals surface area contributed by atoms with Crippen molar-refractivity contribution in [2.75, 3.05) is 11.2 Å². The summed E-state index contributed by atoms with van der Waals surface area (Å²) >= 11 is 1.27. The zero-order valence-electron chi connectivity index (χ0n) is 16.5. The van der Waals surface area contributed by atoms with E-state index >= 15 is 0 Å². The Morgan fingerprint density at radius 1 is 1.07 bits per heavy atom. The van der Waals surface area contributed by atoms with Crippen LogP contribution in [0.2, 0.25) is 0 Å². The molecule has 0 radical (unpaired) electrons. The van der Waals surface area contributed by atoms with Crippen molar-refractivity contribution in [3.8, 4) is 11.4 Å². The second-order valence-electron chi connectivity index (χ2n) is 7.62. The number of benzene rings is 2. The van der Waals surface area contributed by atoms with Gasteiger partial charge in [-0.15, -0.1) is 10.2 Å². The van der Waals surface area contributed by atoms with E-state index in [9.17, 15) is 4.79 Å². The van der Waals surface area contributed by atoms with Gasteiger partial charge in [-0.3, -0.25) is 4.79 Å². The quantitative estimate of drug-likeness (QED) is 0.502. The number of aromatic nitrogens is 3. The maximum absolute atomic E-state index is 12.4. The molecule has 0 spiro atoms. The van der Waals surface area contributed by atoms with Crippen molar-refractivity contribution < 1.29 is 4.79 Å². The molecule has 28 heavy (non-hydrogen) atoms. The summed E-state index contributed by atoms with van der Waals surface area (Å²) in [7, 11) is 0. The first kappa shape index (κ1) is 19.9. The van der Waals surface area contributed by atoms with E-state index in [1.54, 1.807) is 0 Å². The van der Waals surface area contributed by atoms with Crippen LogP contribution in [0.15, 0.2) is 59.8 Å². The van der Waals surface area contributed by atoms with Crippen LogP contribution in [0.3, 0.4) is 0 Å². The van der Waals surface area contributed by atoms with Crippen molar-refractivity contribution >= 4 is 23.4 Å². The van der Waals surface area contributed by atoms with E-state index in [1.807, 2.05) is 49.4 Å². The molecule has 7 heteroatoms. The van der Waals surface area contributed by atoms with Gasteiger partial charge in [0, 0.05) is 11.3 Å². The van der Waals surface area contributed by atoms with Crippen LogP contribution in [-0.2, 0) is 10.2 Å². The molecule has 0 aliphatic heterocycles. The van der Waals surface area contributed by atoms with E-state index in [1.165, 1.54) is 22.0 Å². The maximum Gasteiger partial charge on any atom is 0.237 e. The molecule has 0 bridgehead atoms. The molecule has 3 aromatic rings. The van der Waals surface area contributed by atoms with Gasteiger partial charge in [-0.05, 0) is 30.0 Å². The van der Waals surface area contributed by atoms with E-state index in [-0.39, 0.29) is 16.6 Å². The zero-order valence-corrected chi connectivity index (χ0v) is 17.3. The molecule has 0 fully saturated rings. The molecule has 0 aliphatic rings. The van der Waals surface area contributed by atoms with Crippen molar-refractivity contribution in [3.63, 3.8) is 0 Å². The van der Waals surface area contributed by atoms with Crippen molar-refractivity contribution in [1.29, 1.82) is 0 Å². The first-order chi connectivity index (χ1) is 13.3. The highest BCUT2D eigenvalue weighted by Crippen LogP contribution is 2.28. The highest BCUT2D eigenvalue weighted by atomic mass is 32.2. The smallest absolute Gasteiger partial charge is 0.237 e. The number of hydrogen-bond acceptors (Lipinski definition) is 5. The lowest BCUT2D eigenvalue weighted by molar-refractivity contribution is -0.115. The van der Waals surface area contributed by atoms with Crippen LogP contribution in [0.4, 0.5) is 5.69 Å². The number of nitrogens with one attached hydrogen (secondary N) is 1. The standard InChI is InChI=1S/C21H25N5OS/c1-14(19(27)23-17-8-6-5-7-9-17)28-20-25-24-18(26(20)22)15-10-12-16(13-11-15)21(2,3)4/h5-14H,22H2,1-4H3,(H,23,27)/t14-/m0/s1. The van der Waals surface area contributed by atoms with Crippen molar-refractivity contribution in [2.24, 2.45) is 0 Å². The third kappa shape index (κ3) is 4.54. The van der Waals surface area contributed by atoms with Crippen LogP contribution in [0, 0.1) is 0 Å². The van der Waals surface area contributed by atoms with Gasteiger partial charge in [0.15, 0.2) is 5.82 Å². The third-order valence-corrected chi connectivity index (χ3v) is 5.42. The fraction of sp³-hybridized carbons (Fsp3) is 0.286. The number of amides is 1. The molecule has 0 aliphatic carbocycles. The van der Waals surface area contributed by atoms with Gasteiger partial charge in [0.1, 0.15) is 0 Å². The summed E-state index contributed by atoms with van der Waals surface area (Å²) in [5.74, 6) is 6.65. The lowest BCUT2D eigenvalue weighted by atomic mass is 9.87. The zero-order chi connectivity index (χ0) is 20.3. The molecule has 0 unspecified atom stereocenters. The number of carbonyl (C=O) groups excluding carboxylic acids is 1. The van der Waals surface area contributed by atoms with Crippen LogP contribution >= 0.6 is 11.8 Å². The molecule has 6 nitrogen and oxygen atoms in total. The summed E-state index contributed by atoms with van der Waals surface area (Å²) in [5, 5.41) is 11.4. The summed E-state index contributed by atoms with van der Waals surface area (Å²) in [6.07, 6.45) is 0. The van der Waals surface area contributed by atoms with Crippen LogP contribution in [0.5, 0.6) is 0 Å². The highest BCUT2D eigenvalue weighted by Gasteiger charge is 2.20. The van der Waals surface area contributed by atoms with Crippen LogP contribution < -0.4 is 11.2 Å². The summed E-state index contributed by atoms with van der Waals surface area (Å²) < 4.78 is 1.43. The molecule has 1 aromatic heterocycles. The van der Waals surface area contributed by atoms with Crippen molar-refractivity contribution in [2.45, 2.75) is 43.5 Å². The summed E-state index contributed by atoms with van der Waals surface area (Å²) in [6, 6.07) is 17.5. The van der Waals surface area contributed by atoms with Crippen molar-refractivity contribution in [3.05, 3.63) is 60.2 Å². The van der Waals surface area contributed by atoms with Gasteiger partial charge in [-0.25, -0.2) is 4.68 Å². The second-order valence-corrected chi connectivity index (χ2v) is 8.93. The van der Waals surface area contributed by atoms with Gasteiger partial charge in [0.2, 0.25) is 11.1 Å². The van der Waals surface area contributed by atoms with Crippen LogP contribution in [0.1, 0.15) is 33.3 Å². The van der Waals surface area contributed by atoms with E-state index in [0.717, 1.165) is 11.3 Å². The van der Waals surface area contributed by atoms with Gasteiger partial charge in [0.05, 0.1) is 5.25 Å². The highest BCUT2D eigenvalue weighted by molar-refractivity contribution is 8.00. The Kier molecular flexibility index (Phi) is 5.74. The minimum atomic E-state index is -0.372. The van der Waals surface area contributed by atoms with Crippen LogP contribution in [0.25, 0.3) is 11.4 Å². The van der Waals surface area contributed by atoms with Crippen molar-refractivity contribution in [1.82, 2.24) is 14.9 Å². The normalized spacial score (nSPS) is 12.6. The van der Waals surface area contributed by atoms with E-state index < -0.39 is 0 Å². The second kappa shape index (κ2) is 8.06. The average Bonchev–Trinajstić information content (AvgIpc) is 3.02. The maximum atomic E-state index is 12.4. The first-order valence-electron chi connectivity index (χ1n) is 9.09. The molecule has 3 rings (SSSR count). The lowest BCUT2D eigenvalue weighted by Gasteiger charge is -2.19. The molecule has 2 aromatic carbocycles. The molecule has 3 N–H and O–H groups in total. The number of para-hydroxylation sites is 1. The number of hydrogen-bond donors (Lipinski definition) is 2. The van der Waals surface area contributed by atoms with Gasteiger partial charge in [-0.2, -0.15) is 0 Å². The predicted molar refractivity (Wildman–Crippen MR) is 115 cm³/mol. The number of carbonyl (C=O) groups is 1. The molecule has 0 saturated carbocycles. The lowest BCUT2D eigenvalue weighted by Crippen LogP contribution is -2.23. The number of rotatable bonds is 5. The average molecular weight is 396 g/mol. The molecule has 1 heterocycles. The third-order valence-electron chi connectivity index (χ3n) is 4.37. The monoisotopic (exact) mass is 395 g/mol. The Bertz CT molecular complexity index is 945. The Morgan fingerprint density at radius 2 is 1.71 bits per heavy atom. The fourth-order valence-electron chi connectivity index (χ4n) is 2.65. The number of anilines is 1. The topological polar surface area (TPSA) is 85.8 Å². The minimum absolute atomic E-state index is 0.0808. The first-order valence-corrected chi connectivity index (χ1v) is 9.97. The van der Waals surface area contributed by atoms with E-state index in [2.05, 4.69) is 48.4 Å². The van der Waals surface area contributed by atoms with Gasteiger partial charge >= 0.3 is 0 Å². The number of nitrogens with zero attached hydrogens (tertiary/aromatic N) is 3. The molecule has 146 valence electrons. The number of thioether (sulfide) groups is 1. The van der Waals surface area contributed by atoms with Crippen LogP contribution in [-0.4, -0.2) is 26.0 Å². The Labute approximate surface area is 169 Å². The SMILES string of the molecule is C[C@H](Sc1nnc(-c2ccc(C(C)(C)C)cc2)n1N)C(=O)Nc1ccccc1. The summed E-state index contributed by atoms with van der Waals surface area (Å²) in [6.45, 7) is 8.33. The van der Waals surface area contributed by atoms with E-state index in [0.29, 0.717) is 11.0 Å². The van der Waals surface area contributed by atoms with Gasteiger partial charge in [-0.1, -0.05) is 75.0 Å². The Balaban J connectivity index is 1.71.